The highest BCUT2D eigenvalue weighted by Gasteiger charge is 2.36. The molecule has 1 heterocycles. The number of carbonyl (C=O) groups is 2. The van der Waals surface area contributed by atoms with Crippen LogP contribution in [-0.4, -0.2) is 36.0 Å². The molecule has 1 atom stereocenters. The maximum atomic E-state index is 13.1. The van der Waals surface area contributed by atoms with Gasteiger partial charge in [-0.2, -0.15) is 0 Å². The van der Waals surface area contributed by atoms with Crippen LogP contribution in [0.5, 0.6) is 0 Å². The number of carbonyl (C=O) groups excluding carboxylic acids is 2. The molecule has 1 saturated heterocycles. The molecule has 26 heavy (non-hydrogen) atoms. The smallest absolute Gasteiger partial charge is 0.328 e. The summed E-state index contributed by atoms with van der Waals surface area (Å²) in [5.74, 6) is -0.334. The van der Waals surface area contributed by atoms with E-state index in [-0.39, 0.29) is 11.9 Å². The zero-order valence-electron chi connectivity index (χ0n) is 15.4. The maximum Gasteiger partial charge on any atom is 0.328 e. The first-order valence-electron chi connectivity index (χ1n) is 9.67. The Morgan fingerprint density at radius 3 is 2.73 bits per heavy atom. The monoisotopic (exact) mass is 353 g/mol. The van der Waals surface area contributed by atoms with Crippen LogP contribution in [0.3, 0.4) is 0 Å². The van der Waals surface area contributed by atoms with Crippen LogP contribution in [0.15, 0.2) is 42.5 Å². The summed E-state index contributed by atoms with van der Waals surface area (Å²) < 4.78 is 5.44. The van der Waals surface area contributed by atoms with Gasteiger partial charge in [0, 0.05) is 12.1 Å². The Bertz CT molecular complexity index is 766. The van der Waals surface area contributed by atoms with E-state index in [0.29, 0.717) is 25.1 Å². The van der Waals surface area contributed by atoms with Crippen LogP contribution in [0.1, 0.15) is 55.8 Å². The van der Waals surface area contributed by atoms with Crippen molar-refractivity contribution in [2.45, 2.75) is 51.5 Å². The fourth-order valence-electron chi connectivity index (χ4n) is 3.62. The van der Waals surface area contributed by atoms with Crippen molar-refractivity contribution in [1.82, 2.24) is 4.90 Å². The van der Waals surface area contributed by atoms with Gasteiger partial charge in [-0.25, -0.2) is 4.79 Å². The number of rotatable bonds is 7. The lowest BCUT2D eigenvalue weighted by atomic mass is 10.0. The maximum absolute atomic E-state index is 13.1. The van der Waals surface area contributed by atoms with Gasteiger partial charge in [-0.3, -0.25) is 4.79 Å². The first-order valence-corrected chi connectivity index (χ1v) is 9.67. The van der Waals surface area contributed by atoms with Crippen LogP contribution in [-0.2, 0) is 9.53 Å². The molecule has 0 aromatic heterocycles. The summed E-state index contributed by atoms with van der Waals surface area (Å²) in [6.45, 7) is 3.21. The zero-order valence-corrected chi connectivity index (χ0v) is 15.4. The number of benzene rings is 2. The van der Waals surface area contributed by atoms with Gasteiger partial charge in [0.05, 0.1) is 6.61 Å². The lowest BCUT2D eigenvalue weighted by Crippen LogP contribution is -2.41. The molecule has 0 bridgehead atoms. The number of amides is 1. The van der Waals surface area contributed by atoms with E-state index >= 15 is 0 Å². The molecule has 1 unspecified atom stereocenters. The summed E-state index contributed by atoms with van der Waals surface area (Å²) in [6, 6.07) is 13.1. The second-order valence-electron chi connectivity index (χ2n) is 6.91. The number of hydrogen-bond donors (Lipinski definition) is 0. The van der Waals surface area contributed by atoms with Crippen molar-refractivity contribution in [2.24, 2.45) is 0 Å². The molecule has 0 N–H and O–H groups in total. The third kappa shape index (κ3) is 4.06. The summed E-state index contributed by atoms with van der Waals surface area (Å²) in [7, 11) is 0. The quantitative estimate of drug-likeness (QED) is 0.541. The summed E-state index contributed by atoms with van der Waals surface area (Å²) in [5.41, 5.74) is 0.658. The highest BCUT2D eigenvalue weighted by atomic mass is 16.5. The molecule has 138 valence electrons. The Hall–Kier alpha value is -2.36. The van der Waals surface area contributed by atoms with Crippen LogP contribution in [0, 0.1) is 0 Å². The van der Waals surface area contributed by atoms with E-state index in [9.17, 15) is 9.59 Å². The number of unbranched alkanes of at least 4 members (excludes halogenated alkanes) is 3. The molecular formula is C22H27NO3. The van der Waals surface area contributed by atoms with Gasteiger partial charge in [0.15, 0.2) is 0 Å². The Morgan fingerprint density at radius 2 is 1.88 bits per heavy atom. The van der Waals surface area contributed by atoms with E-state index in [1.807, 2.05) is 42.5 Å². The number of ether oxygens (including phenoxy) is 1. The molecule has 1 aliphatic heterocycles. The molecular weight excluding hydrogens is 326 g/mol. The topological polar surface area (TPSA) is 46.6 Å². The first kappa shape index (κ1) is 18.4. The third-order valence-corrected chi connectivity index (χ3v) is 5.05. The lowest BCUT2D eigenvalue weighted by Gasteiger charge is -2.24. The number of hydrogen-bond acceptors (Lipinski definition) is 3. The van der Waals surface area contributed by atoms with Gasteiger partial charge < -0.3 is 9.64 Å². The molecule has 1 aliphatic rings. The van der Waals surface area contributed by atoms with Crippen molar-refractivity contribution in [1.29, 1.82) is 0 Å². The summed E-state index contributed by atoms with van der Waals surface area (Å²) in [5, 5.41) is 1.96. The standard InChI is InChI=1S/C22H27NO3/c1-2-3-4-7-16-26-22(25)20-14-9-15-23(20)21(24)19-13-8-11-17-10-5-6-12-18(17)19/h5-6,8,10-13,20H,2-4,7,9,14-16H2,1H3. The largest absolute Gasteiger partial charge is 0.464 e. The number of fused-ring (bicyclic) bond motifs is 1. The molecule has 1 amide bonds. The van der Waals surface area contributed by atoms with Crippen molar-refractivity contribution in [3.8, 4) is 0 Å². The van der Waals surface area contributed by atoms with Crippen molar-refractivity contribution < 1.29 is 14.3 Å². The van der Waals surface area contributed by atoms with Gasteiger partial charge in [-0.05, 0) is 36.1 Å². The first-order chi connectivity index (χ1) is 12.7. The van der Waals surface area contributed by atoms with Gasteiger partial charge >= 0.3 is 5.97 Å². The highest BCUT2D eigenvalue weighted by molar-refractivity contribution is 6.08. The van der Waals surface area contributed by atoms with E-state index in [0.717, 1.165) is 42.9 Å². The molecule has 4 nitrogen and oxygen atoms in total. The molecule has 3 rings (SSSR count). The van der Waals surface area contributed by atoms with Gasteiger partial charge in [0.25, 0.3) is 5.91 Å². The second-order valence-corrected chi connectivity index (χ2v) is 6.91. The number of esters is 1. The molecule has 0 radical (unpaired) electrons. The molecule has 0 saturated carbocycles. The SMILES string of the molecule is CCCCCCOC(=O)C1CCCN1C(=O)c1cccc2ccccc12. The molecule has 0 aliphatic carbocycles. The van der Waals surface area contributed by atoms with E-state index in [1.54, 1.807) is 4.90 Å². The van der Waals surface area contributed by atoms with Crippen LogP contribution in [0.25, 0.3) is 10.8 Å². The van der Waals surface area contributed by atoms with Gasteiger partial charge in [-0.1, -0.05) is 62.6 Å². The normalized spacial score (nSPS) is 16.8. The van der Waals surface area contributed by atoms with Gasteiger partial charge in [0.2, 0.25) is 0 Å². The zero-order chi connectivity index (χ0) is 18.4. The molecule has 2 aromatic rings. The minimum Gasteiger partial charge on any atom is -0.464 e. The van der Waals surface area contributed by atoms with Crippen molar-refractivity contribution in [3.63, 3.8) is 0 Å². The van der Waals surface area contributed by atoms with Gasteiger partial charge in [-0.15, -0.1) is 0 Å². The highest BCUT2D eigenvalue weighted by Crippen LogP contribution is 2.25. The minimum absolute atomic E-state index is 0.0766. The number of nitrogens with zero attached hydrogens (tertiary/aromatic N) is 1. The van der Waals surface area contributed by atoms with Crippen LogP contribution < -0.4 is 0 Å². The average molecular weight is 353 g/mol. The fourth-order valence-corrected chi connectivity index (χ4v) is 3.62. The Morgan fingerprint density at radius 1 is 1.08 bits per heavy atom. The molecule has 4 heteroatoms. The van der Waals surface area contributed by atoms with E-state index in [2.05, 4.69) is 6.92 Å². The van der Waals surface area contributed by atoms with Crippen molar-refractivity contribution >= 4 is 22.6 Å². The fraction of sp³-hybridized carbons (Fsp3) is 0.455. The summed E-state index contributed by atoms with van der Waals surface area (Å²) in [6.07, 6.45) is 5.81. The average Bonchev–Trinajstić information content (AvgIpc) is 3.16. The predicted octanol–water partition coefficient (Wildman–Crippen LogP) is 4.57. The predicted molar refractivity (Wildman–Crippen MR) is 103 cm³/mol. The Labute approximate surface area is 155 Å². The Kier molecular flexibility index (Phi) is 6.26. The minimum atomic E-state index is -0.451. The van der Waals surface area contributed by atoms with Crippen LogP contribution in [0.4, 0.5) is 0 Å². The van der Waals surface area contributed by atoms with E-state index in [4.69, 9.17) is 4.74 Å². The lowest BCUT2D eigenvalue weighted by molar-refractivity contribution is -0.148. The number of likely N-dealkylation sites (tertiary alicyclic amines) is 1. The van der Waals surface area contributed by atoms with Crippen molar-refractivity contribution in [2.75, 3.05) is 13.2 Å². The third-order valence-electron chi connectivity index (χ3n) is 5.05. The second kappa shape index (κ2) is 8.84. The molecule has 1 fully saturated rings. The van der Waals surface area contributed by atoms with E-state index in [1.165, 1.54) is 0 Å². The van der Waals surface area contributed by atoms with Crippen molar-refractivity contribution in [3.05, 3.63) is 48.0 Å². The summed E-state index contributed by atoms with van der Waals surface area (Å²) in [4.78, 5) is 27.3. The Balaban J connectivity index is 1.69. The van der Waals surface area contributed by atoms with Crippen LogP contribution >= 0.6 is 0 Å². The van der Waals surface area contributed by atoms with Crippen LogP contribution in [0.2, 0.25) is 0 Å². The molecule has 2 aromatic carbocycles. The van der Waals surface area contributed by atoms with E-state index < -0.39 is 6.04 Å². The van der Waals surface area contributed by atoms with Gasteiger partial charge in [0.1, 0.15) is 6.04 Å². The molecule has 0 spiro atoms. The summed E-state index contributed by atoms with van der Waals surface area (Å²) >= 11 is 0.